The van der Waals surface area contributed by atoms with E-state index in [1.165, 1.54) is 42.6 Å². The topological polar surface area (TPSA) is 261 Å². The van der Waals surface area contributed by atoms with Crippen molar-refractivity contribution in [1.82, 2.24) is 31.1 Å². The quantitative estimate of drug-likeness (QED) is 0.0869. The molecule has 1 aromatic carbocycles. The number of aliphatic hydroxyl groups excluding tert-OH is 1. The number of aromatic hydroxyl groups is 1. The maximum Gasteiger partial charge on any atom is 0.326 e. The van der Waals surface area contributed by atoms with Gasteiger partial charge >= 0.3 is 5.97 Å². The highest BCUT2D eigenvalue weighted by Crippen LogP contribution is 2.21. The number of carbonyl (C=O) groups excluding carboxylic acids is 6. The number of aliphatic hydroxyl groups is 1. The lowest BCUT2D eigenvalue weighted by atomic mass is 10.0. The zero-order chi connectivity index (χ0) is 37.8. The van der Waals surface area contributed by atoms with Crippen molar-refractivity contribution in [2.45, 2.75) is 94.7 Å². The van der Waals surface area contributed by atoms with Crippen LogP contribution < -0.4 is 27.0 Å². The van der Waals surface area contributed by atoms with Crippen LogP contribution in [0.5, 0.6) is 5.75 Å². The van der Waals surface area contributed by atoms with Crippen molar-refractivity contribution in [2.75, 3.05) is 31.7 Å². The van der Waals surface area contributed by atoms with Gasteiger partial charge in [-0.25, -0.2) is 4.79 Å². The predicted molar refractivity (Wildman–Crippen MR) is 186 cm³/mol. The number of phenolic OH excluding ortho intramolecular Hbond substituents is 1. The fraction of sp³-hybridized carbons (Fsp3) is 0.606. The number of nitrogens with one attached hydrogen (secondary N) is 4. The van der Waals surface area contributed by atoms with E-state index in [2.05, 4.69) is 21.3 Å². The molecule has 2 aliphatic rings. The molecule has 2 fully saturated rings. The molecule has 0 unspecified atom stereocenters. The van der Waals surface area contributed by atoms with Gasteiger partial charge in [0, 0.05) is 19.5 Å². The second kappa shape index (κ2) is 19.3. The first-order valence-corrected chi connectivity index (χ1v) is 18.3. The maximum absolute atomic E-state index is 13.7. The molecule has 2 saturated heterocycles. The summed E-state index contributed by atoms with van der Waals surface area (Å²) in [6.45, 7) is 2.43. The molecule has 0 aromatic heterocycles. The van der Waals surface area contributed by atoms with Crippen molar-refractivity contribution >= 4 is 53.2 Å². The number of likely N-dealkylation sites (tertiary alicyclic amines) is 2. The van der Waals surface area contributed by atoms with Gasteiger partial charge in [0.1, 0.15) is 42.0 Å². The van der Waals surface area contributed by atoms with Crippen LogP contribution in [0.4, 0.5) is 0 Å². The Kier molecular flexibility index (Phi) is 15.5. The zero-order valence-electron chi connectivity index (χ0n) is 29.0. The summed E-state index contributed by atoms with van der Waals surface area (Å²) >= 11 is 1.49. The van der Waals surface area contributed by atoms with E-state index in [1.54, 1.807) is 12.1 Å². The van der Waals surface area contributed by atoms with Gasteiger partial charge in [0.2, 0.25) is 35.4 Å². The van der Waals surface area contributed by atoms with Gasteiger partial charge in [-0.2, -0.15) is 11.8 Å². The van der Waals surface area contributed by atoms with Gasteiger partial charge in [-0.05, 0) is 75.7 Å². The minimum atomic E-state index is -1.45. The first kappa shape index (κ1) is 41.0. The maximum atomic E-state index is 13.7. The number of hydrogen-bond donors (Lipinski definition) is 8. The lowest BCUT2D eigenvalue weighted by Gasteiger charge is -2.30. The molecule has 9 N–H and O–H groups in total. The van der Waals surface area contributed by atoms with Crippen LogP contribution in [0.3, 0.4) is 0 Å². The van der Waals surface area contributed by atoms with Gasteiger partial charge in [0.25, 0.3) is 0 Å². The van der Waals surface area contributed by atoms with Gasteiger partial charge < -0.3 is 52.1 Å². The third kappa shape index (κ3) is 11.3. The molecule has 6 amide bonds. The van der Waals surface area contributed by atoms with E-state index < -0.39 is 90.3 Å². The third-order valence-electron chi connectivity index (χ3n) is 8.86. The number of amides is 6. The van der Waals surface area contributed by atoms with Crippen LogP contribution in [-0.2, 0) is 40.0 Å². The van der Waals surface area contributed by atoms with Crippen molar-refractivity contribution in [1.29, 1.82) is 0 Å². The summed E-state index contributed by atoms with van der Waals surface area (Å²) in [5.74, 6) is -4.60. The number of carboxylic acid groups (broad SMARTS) is 1. The van der Waals surface area contributed by atoms with Crippen LogP contribution >= 0.6 is 11.8 Å². The average molecular weight is 736 g/mol. The minimum absolute atomic E-state index is 0.0158. The van der Waals surface area contributed by atoms with Gasteiger partial charge in [-0.3, -0.25) is 28.8 Å². The summed E-state index contributed by atoms with van der Waals surface area (Å²) in [6, 6.07) is -1.82. The molecule has 1 aromatic rings. The number of thioether (sulfide) groups is 1. The molecule has 2 heterocycles. The first-order chi connectivity index (χ1) is 24.2. The second-order valence-corrected chi connectivity index (χ2v) is 13.7. The van der Waals surface area contributed by atoms with Gasteiger partial charge in [0.05, 0.1) is 12.6 Å². The molecule has 51 heavy (non-hydrogen) atoms. The van der Waals surface area contributed by atoms with E-state index in [0.29, 0.717) is 37.0 Å². The molecular formula is C33H49N7O10S. The largest absolute Gasteiger partial charge is 0.508 e. The van der Waals surface area contributed by atoms with Crippen LogP contribution in [0.1, 0.15) is 51.5 Å². The average Bonchev–Trinajstić information content (AvgIpc) is 3.80. The molecule has 3 rings (SSSR count). The Morgan fingerprint density at radius 2 is 1.39 bits per heavy atom. The van der Waals surface area contributed by atoms with Crippen molar-refractivity contribution in [3.8, 4) is 5.75 Å². The number of carbonyl (C=O) groups is 7. The SMILES string of the molecule is CSCC[C@H](NC(=O)[C@H](C)N)C(=O)N1CCC[C@H]1C(=O)N[C@@H](Cc1ccc(O)cc1)C(=O)N[C@@H](C)C(=O)N[C@@H](CO)C(=O)N1CCC[C@H]1C(=O)O. The van der Waals surface area contributed by atoms with E-state index in [0.717, 1.165) is 4.90 Å². The molecule has 0 saturated carbocycles. The summed E-state index contributed by atoms with van der Waals surface area (Å²) in [6.07, 6.45) is 3.61. The number of nitrogens with zero attached hydrogens (tertiary/aromatic N) is 2. The molecule has 0 radical (unpaired) electrons. The molecule has 2 aliphatic heterocycles. The van der Waals surface area contributed by atoms with Gasteiger partial charge in [-0.15, -0.1) is 0 Å². The first-order valence-electron chi connectivity index (χ1n) is 16.9. The molecule has 0 aliphatic carbocycles. The highest BCUT2D eigenvalue weighted by atomic mass is 32.2. The monoisotopic (exact) mass is 735 g/mol. The van der Waals surface area contributed by atoms with Crippen molar-refractivity contribution in [3.05, 3.63) is 29.8 Å². The summed E-state index contributed by atoms with van der Waals surface area (Å²) in [5.41, 5.74) is 6.26. The highest BCUT2D eigenvalue weighted by Gasteiger charge is 2.40. The number of nitrogens with two attached hydrogens (primary N) is 1. The van der Waals surface area contributed by atoms with Crippen LogP contribution in [0.2, 0.25) is 0 Å². The van der Waals surface area contributed by atoms with Crippen LogP contribution in [0.15, 0.2) is 24.3 Å². The number of rotatable bonds is 17. The Bertz CT molecular complexity index is 1430. The van der Waals surface area contributed by atoms with E-state index in [-0.39, 0.29) is 31.7 Å². The Morgan fingerprint density at radius 1 is 0.824 bits per heavy atom. The fourth-order valence-corrected chi connectivity index (χ4v) is 6.46. The fourth-order valence-electron chi connectivity index (χ4n) is 5.99. The molecule has 0 bridgehead atoms. The number of phenols is 1. The summed E-state index contributed by atoms with van der Waals surface area (Å²) in [4.78, 5) is 93.5. The van der Waals surface area contributed by atoms with Gasteiger partial charge in [-0.1, -0.05) is 12.1 Å². The highest BCUT2D eigenvalue weighted by molar-refractivity contribution is 7.98. The molecule has 7 atom stereocenters. The molecule has 18 heteroatoms. The lowest BCUT2D eigenvalue weighted by molar-refractivity contribution is -0.150. The number of carboxylic acids is 1. The van der Waals surface area contributed by atoms with Gasteiger partial charge in [0.15, 0.2) is 0 Å². The van der Waals surface area contributed by atoms with Crippen LogP contribution in [0, 0.1) is 0 Å². The number of aliphatic carboxylic acids is 1. The molecule has 282 valence electrons. The molecule has 0 spiro atoms. The van der Waals surface area contributed by atoms with E-state index in [9.17, 15) is 48.9 Å². The zero-order valence-corrected chi connectivity index (χ0v) is 29.8. The summed E-state index contributed by atoms with van der Waals surface area (Å²) < 4.78 is 0. The van der Waals surface area contributed by atoms with Crippen LogP contribution in [0.25, 0.3) is 0 Å². The van der Waals surface area contributed by atoms with Crippen LogP contribution in [-0.4, -0.2) is 141 Å². The third-order valence-corrected chi connectivity index (χ3v) is 9.50. The Labute approximate surface area is 300 Å². The molecular weight excluding hydrogens is 686 g/mol. The smallest absolute Gasteiger partial charge is 0.326 e. The number of hydrogen-bond acceptors (Lipinski definition) is 11. The van der Waals surface area contributed by atoms with Crippen molar-refractivity contribution in [2.24, 2.45) is 5.73 Å². The standard InChI is InChI=1S/C33H49N7O10S/c1-18(34)27(43)36-22(12-15-51-3)31(47)39-13-4-6-25(39)30(46)37-23(16-20-8-10-21(42)11-9-20)29(45)35-19(2)28(44)38-24(17-41)32(48)40-14-5-7-26(40)33(49)50/h8-11,18-19,22-26,41-42H,4-7,12-17,34H2,1-3H3,(H,35,45)(H,36,43)(H,37,46)(H,38,44)(H,49,50)/t18-,19-,22-,23-,24-,25-,26-/m0/s1. The van der Waals surface area contributed by atoms with E-state index in [1.807, 2.05) is 6.26 Å². The second-order valence-electron chi connectivity index (χ2n) is 12.8. The summed E-state index contributed by atoms with van der Waals surface area (Å²) in [7, 11) is 0. The Balaban J connectivity index is 1.75. The predicted octanol–water partition coefficient (Wildman–Crippen LogP) is -1.95. The van der Waals surface area contributed by atoms with Crippen molar-refractivity contribution < 1.29 is 48.9 Å². The van der Waals surface area contributed by atoms with E-state index >= 15 is 0 Å². The van der Waals surface area contributed by atoms with E-state index in [4.69, 9.17) is 5.73 Å². The Hall–Kier alpha value is -4.42. The normalized spacial score (nSPS) is 20.0. The summed E-state index contributed by atoms with van der Waals surface area (Å²) in [5, 5.41) is 39.3. The minimum Gasteiger partial charge on any atom is -0.508 e. The lowest BCUT2D eigenvalue weighted by Crippen LogP contribution is -2.59. The Morgan fingerprint density at radius 3 is 1.96 bits per heavy atom. The molecule has 17 nitrogen and oxygen atoms in total. The number of benzene rings is 1. The van der Waals surface area contributed by atoms with Crippen molar-refractivity contribution in [3.63, 3.8) is 0 Å².